The third-order valence-corrected chi connectivity index (χ3v) is 2.39. The fraction of sp³-hybridized carbons (Fsp3) is 0.333. The van der Waals surface area contributed by atoms with Crippen molar-refractivity contribution in [2.24, 2.45) is 0 Å². The molecule has 3 nitrogen and oxygen atoms in total. The van der Waals surface area contributed by atoms with Crippen molar-refractivity contribution in [2.75, 3.05) is 7.11 Å². The van der Waals surface area contributed by atoms with Crippen LogP contribution in [0.4, 0.5) is 13.2 Å². The first-order valence-electron chi connectivity index (χ1n) is 4.13. The maximum absolute atomic E-state index is 13.3. The van der Waals surface area contributed by atoms with Crippen LogP contribution >= 0.6 is 15.9 Å². The van der Waals surface area contributed by atoms with E-state index in [0.29, 0.717) is 0 Å². The standard InChI is InChI=1S/C9H7BrF3NO2/c1-16-9(15)6-5(7(11)12)2-4(3-10)14-8(6)13/h2,7H,3H2,1H3. The Hall–Kier alpha value is -1.11. The molecule has 0 bridgehead atoms. The maximum Gasteiger partial charge on any atom is 0.343 e. The number of halogens is 4. The molecule has 0 aromatic carbocycles. The van der Waals surface area contributed by atoms with Crippen LogP contribution in [0, 0.1) is 5.95 Å². The predicted molar refractivity (Wildman–Crippen MR) is 53.1 cm³/mol. The zero-order valence-electron chi connectivity index (χ0n) is 8.14. The Balaban J connectivity index is 3.39. The summed E-state index contributed by atoms with van der Waals surface area (Å²) in [6.07, 6.45) is -2.97. The van der Waals surface area contributed by atoms with Crippen molar-refractivity contribution in [3.8, 4) is 0 Å². The molecule has 1 aromatic rings. The van der Waals surface area contributed by atoms with Crippen molar-refractivity contribution in [1.82, 2.24) is 4.98 Å². The summed E-state index contributed by atoms with van der Waals surface area (Å²) in [6, 6.07) is 0.967. The molecule has 0 amide bonds. The Morgan fingerprint density at radius 1 is 1.62 bits per heavy atom. The first-order chi connectivity index (χ1) is 7.51. The van der Waals surface area contributed by atoms with Gasteiger partial charge in [-0.15, -0.1) is 0 Å². The minimum atomic E-state index is -2.97. The molecule has 0 fully saturated rings. The summed E-state index contributed by atoms with van der Waals surface area (Å²) >= 11 is 2.96. The molecule has 1 heterocycles. The number of carbonyl (C=O) groups excluding carboxylic acids is 1. The second-order valence-corrected chi connectivity index (χ2v) is 3.36. The Morgan fingerprint density at radius 2 is 2.25 bits per heavy atom. The van der Waals surface area contributed by atoms with Gasteiger partial charge in [0, 0.05) is 10.9 Å². The number of ether oxygens (including phenoxy) is 1. The van der Waals surface area contributed by atoms with Gasteiger partial charge in [0.25, 0.3) is 6.43 Å². The van der Waals surface area contributed by atoms with Gasteiger partial charge in [-0.2, -0.15) is 4.39 Å². The number of hydrogen-bond donors (Lipinski definition) is 0. The molecule has 1 rings (SSSR count). The number of pyridine rings is 1. The highest BCUT2D eigenvalue weighted by atomic mass is 79.9. The highest BCUT2D eigenvalue weighted by Crippen LogP contribution is 2.26. The maximum atomic E-state index is 13.3. The number of methoxy groups -OCH3 is 1. The van der Waals surface area contributed by atoms with Gasteiger partial charge >= 0.3 is 5.97 Å². The Bertz CT molecular complexity index is 412. The smallest absolute Gasteiger partial charge is 0.343 e. The van der Waals surface area contributed by atoms with E-state index in [1.54, 1.807) is 0 Å². The summed E-state index contributed by atoms with van der Waals surface area (Å²) in [7, 11) is 0.982. The number of nitrogens with zero attached hydrogens (tertiary/aromatic N) is 1. The lowest BCUT2D eigenvalue weighted by Crippen LogP contribution is -2.12. The van der Waals surface area contributed by atoms with Crippen LogP contribution in [0.25, 0.3) is 0 Å². The van der Waals surface area contributed by atoms with Crippen LogP contribution in [0.3, 0.4) is 0 Å². The number of esters is 1. The molecular weight excluding hydrogens is 291 g/mol. The van der Waals surface area contributed by atoms with E-state index in [1.165, 1.54) is 0 Å². The third kappa shape index (κ3) is 2.52. The molecule has 0 spiro atoms. The molecule has 0 unspecified atom stereocenters. The number of carbonyl (C=O) groups is 1. The second kappa shape index (κ2) is 5.29. The van der Waals surface area contributed by atoms with Gasteiger partial charge in [0.15, 0.2) is 0 Å². The van der Waals surface area contributed by atoms with Crippen molar-refractivity contribution < 1.29 is 22.7 Å². The molecule has 0 radical (unpaired) electrons. The fourth-order valence-corrected chi connectivity index (χ4v) is 1.42. The molecule has 0 atom stereocenters. The van der Waals surface area contributed by atoms with E-state index < -0.39 is 29.5 Å². The monoisotopic (exact) mass is 297 g/mol. The van der Waals surface area contributed by atoms with Crippen LogP contribution in [-0.4, -0.2) is 18.1 Å². The number of alkyl halides is 3. The molecule has 88 valence electrons. The summed E-state index contributed by atoms with van der Waals surface area (Å²) in [6.45, 7) is 0. The lowest BCUT2D eigenvalue weighted by atomic mass is 10.1. The second-order valence-electron chi connectivity index (χ2n) is 2.79. The molecule has 0 aliphatic rings. The van der Waals surface area contributed by atoms with E-state index in [4.69, 9.17) is 0 Å². The van der Waals surface area contributed by atoms with Crippen LogP contribution in [0.15, 0.2) is 6.07 Å². The molecule has 0 saturated heterocycles. The highest BCUT2D eigenvalue weighted by molar-refractivity contribution is 9.08. The minimum Gasteiger partial charge on any atom is -0.465 e. The summed E-state index contributed by atoms with van der Waals surface area (Å²) < 4.78 is 42.8. The lowest BCUT2D eigenvalue weighted by Gasteiger charge is -2.09. The van der Waals surface area contributed by atoms with Crippen LogP contribution < -0.4 is 0 Å². The van der Waals surface area contributed by atoms with E-state index in [9.17, 15) is 18.0 Å². The van der Waals surface area contributed by atoms with E-state index >= 15 is 0 Å². The molecule has 7 heteroatoms. The van der Waals surface area contributed by atoms with E-state index in [-0.39, 0.29) is 11.0 Å². The average molecular weight is 298 g/mol. The van der Waals surface area contributed by atoms with Gasteiger partial charge in [-0.3, -0.25) is 0 Å². The average Bonchev–Trinajstić information content (AvgIpc) is 2.26. The topological polar surface area (TPSA) is 39.2 Å². The molecular formula is C9H7BrF3NO2. The summed E-state index contributed by atoms with van der Waals surface area (Å²) in [4.78, 5) is 14.5. The van der Waals surface area contributed by atoms with E-state index in [2.05, 4.69) is 25.7 Å². The van der Waals surface area contributed by atoms with Crippen molar-refractivity contribution in [3.63, 3.8) is 0 Å². The number of rotatable bonds is 3. The molecule has 0 aliphatic carbocycles. The van der Waals surface area contributed by atoms with Gasteiger partial charge in [-0.25, -0.2) is 18.6 Å². The quantitative estimate of drug-likeness (QED) is 0.489. The van der Waals surface area contributed by atoms with Crippen molar-refractivity contribution >= 4 is 21.9 Å². The van der Waals surface area contributed by atoms with Gasteiger partial charge in [-0.05, 0) is 6.07 Å². The van der Waals surface area contributed by atoms with Crippen molar-refractivity contribution in [3.05, 3.63) is 28.8 Å². The molecule has 1 aromatic heterocycles. The molecule has 16 heavy (non-hydrogen) atoms. The van der Waals surface area contributed by atoms with E-state index in [1.807, 2.05) is 0 Å². The Kier molecular flexibility index (Phi) is 4.28. The van der Waals surface area contributed by atoms with Gasteiger partial charge in [-0.1, -0.05) is 15.9 Å². The van der Waals surface area contributed by atoms with Gasteiger partial charge in [0.05, 0.1) is 12.8 Å². The van der Waals surface area contributed by atoms with Crippen LogP contribution in [0.5, 0.6) is 0 Å². The van der Waals surface area contributed by atoms with Crippen LogP contribution in [-0.2, 0) is 10.1 Å². The Morgan fingerprint density at radius 3 is 2.69 bits per heavy atom. The summed E-state index contributed by atoms with van der Waals surface area (Å²) in [5, 5.41) is 0.116. The van der Waals surface area contributed by atoms with Gasteiger partial charge in [0.2, 0.25) is 5.95 Å². The number of hydrogen-bond acceptors (Lipinski definition) is 3. The van der Waals surface area contributed by atoms with Crippen molar-refractivity contribution in [2.45, 2.75) is 11.8 Å². The highest BCUT2D eigenvalue weighted by Gasteiger charge is 2.25. The van der Waals surface area contributed by atoms with E-state index in [0.717, 1.165) is 13.2 Å². The van der Waals surface area contributed by atoms with Gasteiger partial charge < -0.3 is 4.74 Å². The Labute approximate surface area is 97.8 Å². The van der Waals surface area contributed by atoms with Crippen molar-refractivity contribution in [1.29, 1.82) is 0 Å². The summed E-state index contributed by atoms with van der Waals surface area (Å²) in [5.41, 5.74) is -1.45. The minimum absolute atomic E-state index is 0.0838. The number of aromatic nitrogens is 1. The largest absolute Gasteiger partial charge is 0.465 e. The predicted octanol–water partition coefficient (Wildman–Crippen LogP) is 2.84. The third-order valence-electron chi connectivity index (χ3n) is 1.82. The fourth-order valence-electron chi connectivity index (χ4n) is 1.13. The zero-order valence-corrected chi connectivity index (χ0v) is 9.72. The molecule has 0 saturated carbocycles. The first kappa shape index (κ1) is 13.0. The SMILES string of the molecule is COC(=O)c1c(C(F)F)cc(CBr)nc1F. The normalized spacial score (nSPS) is 10.6. The summed E-state index contributed by atoms with van der Waals surface area (Å²) in [5.74, 6) is -2.42. The molecule has 0 N–H and O–H groups in total. The zero-order chi connectivity index (χ0) is 12.3. The van der Waals surface area contributed by atoms with Gasteiger partial charge in [0.1, 0.15) is 5.56 Å². The van der Waals surface area contributed by atoms with Crippen LogP contribution in [0.2, 0.25) is 0 Å². The first-order valence-corrected chi connectivity index (χ1v) is 5.25. The lowest BCUT2D eigenvalue weighted by molar-refractivity contribution is 0.0581. The van der Waals surface area contributed by atoms with Crippen LogP contribution in [0.1, 0.15) is 28.0 Å². The molecule has 0 aliphatic heterocycles.